The van der Waals surface area contributed by atoms with E-state index in [4.69, 9.17) is 0 Å². The van der Waals surface area contributed by atoms with Crippen LogP contribution in [0.1, 0.15) is 37.8 Å². The number of hydrogen-bond acceptors (Lipinski definition) is 4. The maximum atomic E-state index is 12.6. The van der Waals surface area contributed by atoms with Crippen molar-refractivity contribution in [1.82, 2.24) is 14.8 Å². The molecule has 0 fully saturated rings. The smallest absolute Gasteiger partial charge is 0.249 e. The highest BCUT2D eigenvalue weighted by Gasteiger charge is 2.19. The number of anilines is 2. The van der Waals surface area contributed by atoms with Crippen molar-refractivity contribution in [3.8, 4) is 0 Å². The zero-order chi connectivity index (χ0) is 19.9. The second kappa shape index (κ2) is 8.94. The molecule has 0 bridgehead atoms. The van der Waals surface area contributed by atoms with Crippen molar-refractivity contribution in [2.75, 3.05) is 10.6 Å². The summed E-state index contributed by atoms with van der Waals surface area (Å²) in [6.07, 6.45) is 3.60. The van der Waals surface area contributed by atoms with Gasteiger partial charge < -0.3 is 10.6 Å². The highest BCUT2D eigenvalue weighted by molar-refractivity contribution is 5.97. The lowest BCUT2D eigenvalue weighted by Crippen LogP contribution is -2.24. The van der Waals surface area contributed by atoms with E-state index in [1.807, 2.05) is 37.3 Å². The Morgan fingerprint density at radius 1 is 0.964 bits per heavy atom. The number of carbonyl (C=O) groups excluding carboxylic acids is 2. The normalized spacial score (nSPS) is 12.8. The first-order valence-electron chi connectivity index (χ1n) is 9.19. The van der Waals surface area contributed by atoms with Crippen LogP contribution >= 0.6 is 0 Å². The molecule has 1 heterocycles. The first kappa shape index (κ1) is 19.3. The van der Waals surface area contributed by atoms with Gasteiger partial charge in [0.05, 0.1) is 5.92 Å². The Morgan fingerprint density at radius 3 is 2.11 bits per heavy atom. The largest absolute Gasteiger partial charge is 0.326 e. The molecule has 0 aliphatic carbocycles. The van der Waals surface area contributed by atoms with Crippen LogP contribution in [0.15, 0.2) is 67.3 Å². The summed E-state index contributed by atoms with van der Waals surface area (Å²) in [5.41, 5.74) is 2.32. The maximum absolute atomic E-state index is 12.6. The van der Waals surface area contributed by atoms with Crippen LogP contribution in [0, 0.1) is 0 Å². The zero-order valence-corrected chi connectivity index (χ0v) is 15.9. The molecule has 3 aromatic rings. The number of benzene rings is 2. The maximum Gasteiger partial charge on any atom is 0.249 e. The lowest BCUT2D eigenvalue weighted by Gasteiger charge is -2.16. The van der Waals surface area contributed by atoms with Crippen molar-refractivity contribution in [2.45, 2.75) is 32.2 Å². The molecular formula is C21H23N5O2. The van der Waals surface area contributed by atoms with Gasteiger partial charge in [0, 0.05) is 11.4 Å². The van der Waals surface area contributed by atoms with E-state index in [9.17, 15) is 9.59 Å². The second-order valence-electron chi connectivity index (χ2n) is 6.48. The quantitative estimate of drug-likeness (QED) is 0.658. The predicted octanol–water partition coefficient (Wildman–Crippen LogP) is 3.61. The van der Waals surface area contributed by atoms with Gasteiger partial charge in [-0.1, -0.05) is 37.3 Å². The van der Waals surface area contributed by atoms with Crippen LogP contribution in [0.25, 0.3) is 0 Å². The molecule has 7 nitrogen and oxygen atoms in total. The lowest BCUT2D eigenvalue weighted by atomic mass is 9.95. The third-order valence-corrected chi connectivity index (χ3v) is 4.56. The molecule has 2 N–H and O–H groups in total. The van der Waals surface area contributed by atoms with E-state index in [-0.39, 0.29) is 17.7 Å². The van der Waals surface area contributed by atoms with E-state index < -0.39 is 6.04 Å². The van der Waals surface area contributed by atoms with Gasteiger partial charge in [-0.25, -0.2) is 9.67 Å². The molecule has 2 amide bonds. The molecule has 0 saturated carbocycles. The lowest BCUT2D eigenvalue weighted by molar-refractivity contribution is -0.119. The third kappa shape index (κ3) is 4.62. The van der Waals surface area contributed by atoms with Gasteiger partial charge in [-0.05, 0) is 43.2 Å². The van der Waals surface area contributed by atoms with Crippen molar-refractivity contribution >= 4 is 23.2 Å². The Hall–Kier alpha value is -3.48. The minimum atomic E-state index is -0.474. The van der Waals surface area contributed by atoms with Crippen molar-refractivity contribution in [2.24, 2.45) is 0 Å². The highest BCUT2D eigenvalue weighted by atomic mass is 16.2. The number of rotatable bonds is 7. The van der Waals surface area contributed by atoms with E-state index in [0.717, 1.165) is 5.56 Å². The summed E-state index contributed by atoms with van der Waals surface area (Å²) in [5.74, 6) is -0.452. The molecule has 3 rings (SSSR count). The fourth-order valence-electron chi connectivity index (χ4n) is 2.91. The third-order valence-electron chi connectivity index (χ3n) is 4.56. The molecule has 1 aromatic heterocycles. The average molecular weight is 377 g/mol. The van der Waals surface area contributed by atoms with Gasteiger partial charge >= 0.3 is 0 Å². The second-order valence-corrected chi connectivity index (χ2v) is 6.48. The molecule has 0 saturated heterocycles. The molecule has 28 heavy (non-hydrogen) atoms. The first-order chi connectivity index (χ1) is 13.6. The summed E-state index contributed by atoms with van der Waals surface area (Å²) in [7, 11) is 0. The number of nitrogens with zero attached hydrogens (tertiary/aromatic N) is 3. The van der Waals surface area contributed by atoms with Crippen molar-refractivity contribution < 1.29 is 9.59 Å². The fraction of sp³-hybridized carbons (Fsp3) is 0.238. The van der Waals surface area contributed by atoms with E-state index >= 15 is 0 Å². The van der Waals surface area contributed by atoms with E-state index in [1.165, 1.54) is 17.3 Å². The van der Waals surface area contributed by atoms with Gasteiger partial charge in [0.25, 0.3) is 0 Å². The number of amides is 2. The Kier molecular flexibility index (Phi) is 6.16. The summed E-state index contributed by atoms with van der Waals surface area (Å²) in [4.78, 5) is 28.8. The van der Waals surface area contributed by atoms with Crippen molar-refractivity contribution in [3.63, 3.8) is 0 Å². The van der Waals surface area contributed by atoms with E-state index in [1.54, 1.807) is 31.2 Å². The van der Waals surface area contributed by atoms with Crippen molar-refractivity contribution in [3.05, 3.63) is 72.8 Å². The molecule has 0 spiro atoms. The summed E-state index contributed by atoms with van der Waals surface area (Å²) in [5, 5.41) is 9.75. The highest BCUT2D eigenvalue weighted by Crippen LogP contribution is 2.22. The Bertz CT molecular complexity index is 908. The van der Waals surface area contributed by atoms with Crippen LogP contribution in [0.3, 0.4) is 0 Å². The van der Waals surface area contributed by atoms with Crippen molar-refractivity contribution in [1.29, 1.82) is 0 Å². The number of nitrogens with one attached hydrogen (secondary N) is 2. The molecule has 2 atom stereocenters. The average Bonchev–Trinajstić information content (AvgIpc) is 3.25. The number of hydrogen-bond donors (Lipinski definition) is 2. The molecule has 0 aliphatic heterocycles. The topological polar surface area (TPSA) is 88.9 Å². The van der Waals surface area contributed by atoms with Gasteiger partial charge in [0.1, 0.15) is 18.7 Å². The molecule has 7 heteroatoms. The Balaban J connectivity index is 1.61. The SMILES string of the molecule is CC[C@@H](C(=O)Nc1ccc(NC(=O)[C@H](C)n2cncn2)cc1)c1ccccc1. The van der Waals surface area contributed by atoms with Crippen LogP contribution < -0.4 is 10.6 Å². The van der Waals surface area contributed by atoms with Crippen LogP contribution in [0.2, 0.25) is 0 Å². The van der Waals surface area contributed by atoms with E-state index in [0.29, 0.717) is 17.8 Å². The molecule has 0 unspecified atom stereocenters. The number of carbonyl (C=O) groups is 2. The Morgan fingerprint density at radius 2 is 1.57 bits per heavy atom. The van der Waals surface area contributed by atoms with Crippen LogP contribution in [0.5, 0.6) is 0 Å². The molecule has 2 aromatic carbocycles. The van der Waals surface area contributed by atoms with Crippen LogP contribution in [-0.4, -0.2) is 26.6 Å². The monoisotopic (exact) mass is 377 g/mol. The molecular weight excluding hydrogens is 354 g/mol. The van der Waals surface area contributed by atoms with Gasteiger partial charge in [0.2, 0.25) is 11.8 Å². The fourth-order valence-corrected chi connectivity index (χ4v) is 2.91. The summed E-state index contributed by atoms with van der Waals surface area (Å²) < 4.78 is 1.48. The van der Waals surface area contributed by atoms with Crippen LogP contribution in [-0.2, 0) is 9.59 Å². The summed E-state index contributed by atoms with van der Waals surface area (Å²) in [6.45, 7) is 3.74. The summed E-state index contributed by atoms with van der Waals surface area (Å²) in [6, 6.07) is 16.3. The van der Waals surface area contributed by atoms with Gasteiger partial charge in [-0.15, -0.1) is 0 Å². The van der Waals surface area contributed by atoms with Gasteiger partial charge in [0.15, 0.2) is 0 Å². The Labute approximate surface area is 163 Å². The van der Waals surface area contributed by atoms with Gasteiger partial charge in [-0.2, -0.15) is 5.10 Å². The van der Waals surface area contributed by atoms with Crippen LogP contribution in [0.4, 0.5) is 11.4 Å². The minimum absolute atomic E-state index is 0.0507. The standard InChI is InChI=1S/C21H23N5O2/c1-3-19(16-7-5-4-6-8-16)21(28)25-18-11-9-17(10-12-18)24-20(27)15(2)26-14-22-13-23-26/h4-15,19H,3H2,1-2H3,(H,24,27)(H,25,28)/t15-,19+/m0/s1. The first-order valence-corrected chi connectivity index (χ1v) is 9.19. The minimum Gasteiger partial charge on any atom is -0.326 e. The van der Waals surface area contributed by atoms with E-state index in [2.05, 4.69) is 20.7 Å². The number of aromatic nitrogens is 3. The molecule has 0 aliphatic rings. The molecule has 0 radical (unpaired) electrons. The predicted molar refractivity (Wildman–Crippen MR) is 108 cm³/mol. The zero-order valence-electron chi connectivity index (χ0n) is 15.9. The van der Waals surface area contributed by atoms with Gasteiger partial charge in [-0.3, -0.25) is 9.59 Å². The summed E-state index contributed by atoms with van der Waals surface area (Å²) >= 11 is 0. The molecule has 144 valence electrons.